The molecule has 0 aliphatic carbocycles. The maximum atomic E-state index is 11.2. The van der Waals surface area contributed by atoms with Crippen molar-refractivity contribution >= 4 is 46.0 Å². The van der Waals surface area contributed by atoms with Gasteiger partial charge in [-0.2, -0.15) is 0 Å². The second-order valence-corrected chi connectivity index (χ2v) is 8.19. The monoisotopic (exact) mass is 400 g/mol. The number of nitrogens with zero attached hydrogens (tertiary/aromatic N) is 3. The Bertz CT molecular complexity index is 964. The number of hydrogen-bond donors (Lipinski definition) is 1. The van der Waals surface area contributed by atoms with E-state index in [1.54, 1.807) is 6.92 Å². The van der Waals surface area contributed by atoms with Crippen LogP contribution in [0.25, 0.3) is 22.4 Å². The number of rotatable bonds is 5. The van der Waals surface area contributed by atoms with Crippen LogP contribution in [0.15, 0.2) is 35.5 Å². The van der Waals surface area contributed by atoms with E-state index >= 15 is 0 Å². The highest BCUT2D eigenvalue weighted by molar-refractivity contribution is 7.99. The Labute approximate surface area is 167 Å². The maximum Gasteiger partial charge on any atom is 0.179 e. The van der Waals surface area contributed by atoms with Crippen molar-refractivity contribution in [2.75, 3.05) is 23.7 Å². The first-order valence-electron chi connectivity index (χ1n) is 9.14. The number of pyridine rings is 1. The molecule has 1 saturated heterocycles. The van der Waals surface area contributed by atoms with E-state index in [9.17, 15) is 4.79 Å². The summed E-state index contributed by atoms with van der Waals surface area (Å²) in [5.41, 5.74) is 4.34. The third kappa shape index (κ3) is 4.12. The van der Waals surface area contributed by atoms with Gasteiger partial charge in [0.15, 0.2) is 10.8 Å². The van der Waals surface area contributed by atoms with Gasteiger partial charge >= 0.3 is 0 Å². The van der Waals surface area contributed by atoms with Crippen molar-refractivity contribution in [2.45, 2.75) is 31.3 Å². The van der Waals surface area contributed by atoms with Gasteiger partial charge in [-0.25, -0.2) is 9.97 Å². The molecular formula is C20H21ClN4OS. The van der Waals surface area contributed by atoms with Crippen LogP contribution < -0.4 is 4.90 Å². The summed E-state index contributed by atoms with van der Waals surface area (Å²) in [7, 11) is 0. The molecule has 1 aromatic carbocycles. The molecule has 0 bridgehead atoms. The van der Waals surface area contributed by atoms with Crippen molar-refractivity contribution in [3.63, 3.8) is 0 Å². The van der Waals surface area contributed by atoms with Gasteiger partial charge in [0, 0.05) is 24.3 Å². The molecule has 4 rings (SSSR count). The molecule has 0 unspecified atom stereocenters. The van der Waals surface area contributed by atoms with E-state index < -0.39 is 0 Å². The summed E-state index contributed by atoms with van der Waals surface area (Å²) in [5.74, 6) is 0.499. The first kappa shape index (κ1) is 18.3. The number of carbonyl (C=O) groups excluding carboxylic acids is 1. The lowest BCUT2D eigenvalue weighted by Gasteiger charge is -2.28. The van der Waals surface area contributed by atoms with E-state index in [0.29, 0.717) is 21.6 Å². The molecule has 3 heterocycles. The summed E-state index contributed by atoms with van der Waals surface area (Å²) in [6.07, 6.45) is 3.84. The van der Waals surface area contributed by atoms with Crippen molar-refractivity contribution in [1.29, 1.82) is 0 Å². The number of aromatic nitrogens is 3. The number of nitrogens with one attached hydrogen (secondary N) is 1. The molecule has 0 spiro atoms. The SMILES string of the molecule is CC(=O)CSc1nc2nc(-c3ccc(N4CCCCC4)cc3)c(Cl)cc2[nH]1. The Kier molecular flexibility index (Phi) is 5.36. The second kappa shape index (κ2) is 7.90. The van der Waals surface area contributed by atoms with E-state index in [1.807, 2.05) is 6.07 Å². The van der Waals surface area contributed by atoms with E-state index in [-0.39, 0.29) is 5.78 Å². The molecule has 0 saturated carbocycles. The lowest BCUT2D eigenvalue weighted by atomic mass is 10.1. The predicted molar refractivity (Wildman–Crippen MR) is 112 cm³/mol. The van der Waals surface area contributed by atoms with Gasteiger partial charge in [0.25, 0.3) is 0 Å². The predicted octanol–water partition coefficient (Wildman–Crippen LogP) is 4.95. The average Bonchev–Trinajstić information content (AvgIpc) is 3.08. The summed E-state index contributed by atoms with van der Waals surface area (Å²) < 4.78 is 0. The number of hydrogen-bond acceptors (Lipinski definition) is 5. The molecule has 140 valence electrons. The van der Waals surface area contributed by atoms with Gasteiger partial charge in [0.1, 0.15) is 5.78 Å². The molecule has 1 fully saturated rings. The summed E-state index contributed by atoms with van der Waals surface area (Å²) in [5, 5.41) is 1.27. The van der Waals surface area contributed by atoms with E-state index in [0.717, 1.165) is 29.9 Å². The van der Waals surface area contributed by atoms with Gasteiger partial charge in [-0.05, 0) is 44.4 Å². The number of ketones is 1. The van der Waals surface area contributed by atoms with Crippen molar-refractivity contribution in [3.8, 4) is 11.3 Å². The van der Waals surface area contributed by atoms with Gasteiger partial charge in [0.05, 0.1) is 22.0 Å². The number of thioether (sulfide) groups is 1. The highest BCUT2D eigenvalue weighted by atomic mass is 35.5. The summed E-state index contributed by atoms with van der Waals surface area (Å²) >= 11 is 7.86. The van der Waals surface area contributed by atoms with Gasteiger partial charge in [0.2, 0.25) is 0 Å². The zero-order valence-corrected chi connectivity index (χ0v) is 16.7. The smallest absolute Gasteiger partial charge is 0.179 e. The molecule has 5 nitrogen and oxygen atoms in total. The molecule has 0 amide bonds. The Balaban J connectivity index is 1.60. The number of imidazole rings is 1. The molecule has 0 radical (unpaired) electrons. The summed E-state index contributed by atoms with van der Waals surface area (Å²) in [6, 6.07) is 10.3. The number of anilines is 1. The third-order valence-corrected chi connectivity index (χ3v) is 5.98. The Morgan fingerprint density at radius 2 is 1.93 bits per heavy atom. The molecule has 1 N–H and O–H groups in total. The largest absolute Gasteiger partial charge is 0.372 e. The Hall–Kier alpha value is -2.05. The zero-order valence-electron chi connectivity index (χ0n) is 15.2. The van der Waals surface area contributed by atoms with E-state index in [4.69, 9.17) is 11.6 Å². The van der Waals surface area contributed by atoms with Crippen LogP contribution in [-0.2, 0) is 4.79 Å². The Morgan fingerprint density at radius 1 is 1.19 bits per heavy atom. The third-order valence-electron chi connectivity index (χ3n) is 4.68. The van der Waals surface area contributed by atoms with Crippen LogP contribution in [0.5, 0.6) is 0 Å². The maximum absolute atomic E-state index is 11.2. The fourth-order valence-electron chi connectivity index (χ4n) is 3.32. The van der Waals surface area contributed by atoms with Crippen LogP contribution in [0.2, 0.25) is 5.02 Å². The number of H-pyrrole nitrogens is 1. The lowest BCUT2D eigenvalue weighted by molar-refractivity contribution is -0.114. The standard InChI is InChI=1S/C20H21ClN4OS/c1-13(26)12-27-20-22-17-11-16(21)18(23-19(17)24-20)14-5-7-15(8-6-14)25-9-3-2-4-10-25/h5-8,11H,2-4,9-10,12H2,1H3,(H,22,23,24). The second-order valence-electron chi connectivity index (χ2n) is 6.82. The molecule has 3 aromatic rings. The topological polar surface area (TPSA) is 61.9 Å². The van der Waals surface area contributed by atoms with E-state index in [1.165, 1.54) is 36.7 Å². The molecular weight excluding hydrogens is 380 g/mol. The van der Waals surface area contributed by atoms with E-state index in [2.05, 4.69) is 44.1 Å². The average molecular weight is 401 g/mol. The van der Waals surface area contributed by atoms with Crippen LogP contribution in [0.1, 0.15) is 26.2 Å². The van der Waals surface area contributed by atoms with Crippen LogP contribution in [0, 0.1) is 0 Å². The lowest BCUT2D eigenvalue weighted by Crippen LogP contribution is -2.29. The summed E-state index contributed by atoms with van der Waals surface area (Å²) in [6.45, 7) is 3.81. The minimum absolute atomic E-state index is 0.112. The fourth-order valence-corrected chi connectivity index (χ4v) is 4.25. The number of halogens is 1. The minimum Gasteiger partial charge on any atom is -0.372 e. The van der Waals surface area contributed by atoms with Crippen LogP contribution >= 0.6 is 23.4 Å². The first-order chi connectivity index (χ1) is 13.1. The fraction of sp³-hybridized carbons (Fsp3) is 0.350. The molecule has 27 heavy (non-hydrogen) atoms. The minimum atomic E-state index is 0.112. The normalized spacial score (nSPS) is 14.7. The van der Waals surface area contributed by atoms with Crippen LogP contribution in [0.3, 0.4) is 0 Å². The summed E-state index contributed by atoms with van der Waals surface area (Å²) in [4.78, 5) is 25.9. The van der Waals surface area contributed by atoms with Gasteiger partial charge in [-0.15, -0.1) is 0 Å². The number of fused-ring (bicyclic) bond motifs is 1. The van der Waals surface area contributed by atoms with Crippen LogP contribution in [0.4, 0.5) is 5.69 Å². The molecule has 1 aliphatic heterocycles. The molecule has 7 heteroatoms. The number of aromatic amines is 1. The van der Waals surface area contributed by atoms with Crippen LogP contribution in [-0.4, -0.2) is 39.6 Å². The Morgan fingerprint density at radius 3 is 2.63 bits per heavy atom. The highest BCUT2D eigenvalue weighted by Gasteiger charge is 2.14. The first-order valence-corrected chi connectivity index (χ1v) is 10.5. The molecule has 1 aliphatic rings. The van der Waals surface area contributed by atoms with Gasteiger partial charge < -0.3 is 9.88 Å². The molecule has 0 atom stereocenters. The number of Topliss-reactive ketones (excluding diaryl/α,β-unsaturated/α-hetero) is 1. The number of benzene rings is 1. The van der Waals surface area contributed by atoms with Crippen molar-refractivity contribution in [3.05, 3.63) is 35.4 Å². The molecule has 2 aromatic heterocycles. The van der Waals surface area contributed by atoms with Crippen molar-refractivity contribution < 1.29 is 4.79 Å². The number of carbonyl (C=O) groups is 1. The van der Waals surface area contributed by atoms with Gasteiger partial charge in [-0.3, -0.25) is 4.79 Å². The van der Waals surface area contributed by atoms with Crippen molar-refractivity contribution in [1.82, 2.24) is 15.0 Å². The number of piperidine rings is 1. The zero-order chi connectivity index (χ0) is 18.8. The highest BCUT2D eigenvalue weighted by Crippen LogP contribution is 2.31. The quantitative estimate of drug-likeness (QED) is 0.614. The van der Waals surface area contributed by atoms with Crippen molar-refractivity contribution in [2.24, 2.45) is 0 Å². The van der Waals surface area contributed by atoms with Gasteiger partial charge in [-0.1, -0.05) is 35.5 Å².